The summed E-state index contributed by atoms with van der Waals surface area (Å²) in [5, 5.41) is 3.69. The third-order valence-corrected chi connectivity index (χ3v) is 3.60. The minimum absolute atomic E-state index is 0.757. The van der Waals surface area contributed by atoms with Gasteiger partial charge in [0.2, 0.25) is 0 Å². The molecule has 84 valence electrons. The van der Waals surface area contributed by atoms with Crippen LogP contribution in [0.1, 0.15) is 65.2 Å². The van der Waals surface area contributed by atoms with Crippen molar-refractivity contribution in [2.75, 3.05) is 6.54 Å². The lowest BCUT2D eigenvalue weighted by molar-refractivity contribution is 0.281. The number of hydrogen-bond acceptors (Lipinski definition) is 1. The summed E-state index contributed by atoms with van der Waals surface area (Å²) >= 11 is 0. The molecule has 1 atom stereocenters. The van der Waals surface area contributed by atoms with Gasteiger partial charge in [-0.15, -0.1) is 0 Å². The Bertz CT molecular complexity index is 127. The molecular weight excluding hydrogens is 170 g/mol. The van der Waals surface area contributed by atoms with Gasteiger partial charge in [0.25, 0.3) is 0 Å². The van der Waals surface area contributed by atoms with Crippen LogP contribution >= 0.6 is 0 Å². The van der Waals surface area contributed by atoms with E-state index in [0.29, 0.717) is 0 Å². The quantitative estimate of drug-likeness (QED) is 0.640. The molecule has 0 heterocycles. The summed E-state index contributed by atoms with van der Waals surface area (Å²) in [5.74, 6) is 0.963. The first-order chi connectivity index (χ1) is 6.84. The maximum atomic E-state index is 3.69. The second kappa shape index (κ2) is 7.28. The average molecular weight is 197 g/mol. The van der Waals surface area contributed by atoms with Gasteiger partial charge >= 0.3 is 0 Å². The van der Waals surface area contributed by atoms with E-state index in [0.717, 1.165) is 12.0 Å². The molecule has 1 aliphatic rings. The Balaban J connectivity index is 2.04. The van der Waals surface area contributed by atoms with Crippen LogP contribution in [-0.2, 0) is 0 Å². The maximum absolute atomic E-state index is 3.69. The number of hydrogen-bond donors (Lipinski definition) is 1. The van der Waals surface area contributed by atoms with E-state index in [9.17, 15) is 0 Å². The van der Waals surface area contributed by atoms with Crippen molar-refractivity contribution in [3.8, 4) is 0 Å². The Hall–Kier alpha value is -0.0400. The van der Waals surface area contributed by atoms with E-state index in [4.69, 9.17) is 0 Å². The van der Waals surface area contributed by atoms with Crippen LogP contribution in [0.15, 0.2) is 0 Å². The van der Waals surface area contributed by atoms with Crippen LogP contribution in [0.5, 0.6) is 0 Å². The van der Waals surface area contributed by atoms with E-state index in [-0.39, 0.29) is 0 Å². The molecule has 0 spiro atoms. The first-order valence-electron chi connectivity index (χ1n) is 6.58. The minimum Gasteiger partial charge on any atom is -0.314 e. The van der Waals surface area contributed by atoms with E-state index in [1.54, 1.807) is 0 Å². The number of unbranched alkanes of at least 4 members (excludes halogenated alkanes) is 2. The molecule has 1 heteroatoms. The van der Waals surface area contributed by atoms with Crippen LogP contribution in [0, 0.1) is 5.92 Å². The predicted molar refractivity (Wildman–Crippen MR) is 63.6 cm³/mol. The smallest absolute Gasteiger partial charge is 0.00669 e. The molecule has 1 aliphatic carbocycles. The molecule has 1 nitrogen and oxygen atoms in total. The van der Waals surface area contributed by atoms with Crippen molar-refractivity contribution >= 4 is 0 Å². The molecule has 0 saturated heterocycles. The SMILES string of the molecule is CCCCCNC(C)C1CCCCC1. The fourth-order valence-electron chi connectivity index (χ4n) is 2.51. The minimum atomic E-state index is 0.757. The van der Waals surface area contributed by atoms with Crippen LogP contribution in [0.2, 0.25) is 0 Å². The van der Waals surface area contributed by atoms with Crippen LogP contribution in [0.3, 0.4) is 0 Å². The highest BCUT2D eigenvalue weighted by Gasteiger charge is 2.18. The van der Waals surface area contributed by atoms with Gasteiger partial charge in [-0.25, -0.2) is 0 Å². The monoisotopic (exact) mass is 197 g/mol. The molecule has 1 saturated carbocycles. The van der Waals surface area contributed by atoms with Crippen molar-refractivity contribution in [2.24, 2.45) is 5.92 Å². The Morgan fingerprint density at radius 2 is 1.86 bits per heavy atom. The van der Waals surface area contributed by atoms with Crippen molar-refractivity contribution in [3.63, 3.8) is 0 Å². The summed E-state index contributed by atoms with van der Waals surface area (Å²) in [6.07, 6.45) is 11.4. The van der Waals surface area contributed by atoms with Gasteiger partial charge in [-0.2, -0.15) is 0 Å². The molecule has 1 fully saturated rings. The molecular formula is C13H27N. The molecule has 14 heavy (non-hydrogen) atoms. The zero-order valence-corrected chi connectivity index (χ0v) is 10.0. The summed E-state index contributed by atoms with van der Waals surface area (Å²) in [7, 11) is 0. The third-order valence-electron chi connectivity index (χ3n) is 3.60. The van der Waals surface area contributed by atoms with Gasteiger partial charge < -0.3 is 5.32 Å². The number of nitrogens with one attached hydrogen (secondary N) is 1. The van der Waals surface area contributed by atoms with Crippen molar-refractivity contribution in [1.29, 1.82) is 0 Å². The van der Waals surface area contributed by atoms with Crippen molar-refractivity contribution < 1.29 is 0 Å². The van der Waals surface area contributed by atoms with Crippen molar-refractivity contribution in [1.82, 2.24) is 5.32 Å². The zero-order chi connectivity index (χ0) is 10.2. The van der Waals surface area contributed by atoms with E-state index in [1.807, 2.05) is 0 Å². The fourth-order valence-corrected chi connectivity index (χ4v) is 2.51. The van der Waals surface area contributed by atoms with Gasteiger partial charge in [-0.3, -0.25) is 0 Å². The highest BCUT2D eigenvalue weighted by atomic mass is 14.9. The van der Waals surface area contributed by atoms with Gasteiger partial charge in [0.1, 0.15) is 0 Å². The standard InChI is InChI=1S/C13H27N/c1-3-4-8-11-14-12(2)13-9-6-5-7-10-13/h12-14H,3-11H2,1-2H3. The topological polar surface area (TPSA) is 12.0 Å². The number of rotatable bonds is 6. The molecule has 0 aliphatic heterocycles. The zero-order valence-electron chi connectivity index (χ0n) is 10.0. The highest BCUT2D eigenvalue weighted by Crippen LogP contribution is 2.26. The van der Waals surface area contributed by atoms with Gasteiger partial charge in [-0.1, -0.05) is 39.0 Å². The van der Waals surface area contributed by atoms with E-state index in [1.165, 1.54) is 57.9 Å². The normalized spacial score (nSPS) is 21.0. The molecule has 0 aromatic carbocycles. The van der Waals surface area contributed by atoms with Crippen LogP contribution < -0.4 is 5.32 Å². The lowest BCUT2D eigenvalue weighted by Gasteiger charge is -2.28. The van der Waals surface area contributed by atoms with Gasteiger partial charge in [0, 0.05) is 6.04 Å². The molecule has 1 rings (SSSR count). The Morgan fingerprint density at radius 1 is 1.14 bits per heavy atom. The highest BCUT2D eigenvalue weighted by molar-refractivity contribution is 4.75. The molecule has 0 amide bonds. The Labute approximate surface area is 89.7 Å². The van der Waals surface area contributed by atoms with Gasteiger partial charge in [-0.05, 0) is 38.6 Å². The first-order valence-corrected chi connectivity index (χ1v) is 6.58. The van der Waals surface area contributed by atoms with Crippen molar-refractivity contribution in [3.05, 3.63) is 0 Å². The largest absolute Gasteiger partial charge is 0.314 e. The second-order valence-electron chi connectivity index (χ2n) is 4.85. The Morgan fingerprint density at radius 3 is 2.50 bits per heavy atom. The molecule has 1 N–H and O–H groups in total. The van der Waals surface area contributed by atoms with E-state index in [2.05, 4.69) is 19.2 Å². The second-order valence-corrected chi connectivity index (χ2v) is 4.85. The molecule has 1 unspecified atom stereocenters. The van der Waals surface area contributed by atoms with Crippen LogP contribution in [0.25, 0.3) is 0 Å². The van der Waals surface area contributed by atoms with Gasteiger partial charge in [0.15, 0.2) is 0 Å². The maximum Gasteiger partial charge on any atom is 0.00669 e. The van der Waals surface area contributed by atoms with Crippen LogP contribution in [-0.4, -0.2) is 12.6 Å². The summed E-state index contributed by atoms with van der Waals surface area (Å²) < 4.78 is 0. The summed E-state index contributed by atoms with van der Waals surface area (Å²) in [6, 6.07) is 0.757. The van der Waals surface area contributed by atoms with Gasteiger partial charge in [0.05, 0.1) is 0 Å². The molecule has 0 aromatic heterocycles. The Kier molecular flexibility index (Phi) is 6.25. The lowest BCUT2D eigenvalue weighted by Crippen LogP contribution is -2.35. The lowest BCUT2D eigenvalue weighted by atomic mass is 9.84. The van der Waals surface area contributed by atoms with Crippen molar-refractivity contribution in [2.45, 2.75) is 71.3 Å². The third kappa shape index (κ3) is 4.45. The van der Waals surface area contributed by atoms with Crippen LogP contribution in [0.4, 0.5) is 0 Å². The summed E-state index contributed by atoms with van der Waals surface area (Å²) in [4.78, 5) is 0. The predicted octanol–water partition coefficient (Wildman–Crippen LogP) is 3.74. The molecule has 0 radical (unpaired) electrons. The fraction of sp³-hybridized carbons (Fsp3) is 1.00. The van der Waals surface area contributed by atoms with E-state index >= 15 is 0 Å². The summed E-state index contributed by atoms with van der Waals surface area (Å²) in [6.45, 7) is 5.87. The molecule has 0 bridgehead atoms. The molecule has 0 aromatic rings. The first kappa shape index (κ1) is 12.0. The van der Waals surface area contributed by atoms with E-state index < -0.39 is 0 Å². The summed E-state index contributed by atoms with van der Waals surface area (Å²) in [5.41, 5.74) is 0. The average Bonchev–Trinajstić information content (AvgIpc) is 2.25.